The Kier molecular flexibility index (Phi) is 74.9. The van der Waals surface area contributed by atoms with Gasteiger partial charge in [-0.25, -0.2) is 9.13 Å². The predicted octanol–water partition coefficient (Wildman–Crippen LogP) is 24.9. The Bertz CT molecular complexity index is 2020. The van der Waals surface area contributed by atoms with Crippen LogP contribution in [0.3, 0.4) is 0 Å². The van der Waals surface area contributed by atoms with Crippen molar-refractivity contribution in [2.45, 2.75) is 444 Å². The number of ether oxygens (including phenoxy) is 4. The molecule has 0 aliphatic carbocycles. The van der Waals surface area contributed by atoms with Crippen molar-refractivity contribution in [3.05, 3.63) is 24.3 Å². The van der Waals surface area contributed by atoms with Crippen LogP contribution in [0.1, 0.15) is 426 Å². The smallest absolute Gasteiger partial charge is 0.462 e. The summed E-state index contributed by atoms with van der Waals surface area (Å²) in [5.41, 5.74) is 0. The van der Waals surface area contributed by atoms with Crippen molar-refractivity contribution in [1.82, 2.24) is 0 Å². The first-order valence-electron chi connectivity index (χ1n) is 42.6. The van der Waals surface area contributed by atoms with Gasteiger partial charge in [0.2, 0.25) is 0 Å². The number of esters is 4. The number of phosphoric ester groups is 2. The average Bonchev–Trinajstić information content (AvgIpc) is 1.06. The molecular formula is C83H158O17P2. The van der Waals surface area contributed by atoms with E-state index < -0.39 is 97.5 Å². The number of aliphatic hydroxyl groups is 1. The molecule has 3 N–H and O–H groups in total. The van der Waals surface area contributed by atoms with Crippen LogP contribution in [-0.4, -0.2) is 96.7 Å². The van der Waals surface area contributed by atoms with Gasteiger partial charge < -0.3 is 33.8 Å². The Morgan fingerprint density at radius 3 is 0.716 bits per heavy atom. The van der Waals surface area contributed by atoms with Crippen molar-refractivity contribution >= 4 is 39.5 Å². The minimum atomic E-state index is -4.97. The van der Waals surface area contributed by atoms with Gasteiger partial charge in [0.05, 0.1) is 26.4 Å². The summed E-state index contributed by atoms with van der Waals surface area (Å²) < 4.78 is 68.7. The Morgan fingerprint density at radius 2 is 0.471 bits per heavy atom. The largest absolute Gasteiger partial charge is 0.472 e. The zero-order chi connectivity index (χ0) is 74.6. The first-order chi connectivity index (χ1) is 49.7. The number of rotatable bonds is 82. The van der Waals surface area contributed by atoms with Gasteiger partial charge in [-0.05, 0) is 51.4 Å². The summed E-state index contributed by atoms with van der Waals surface area (Å²) in [5, 5.41) is 10.6. The van der Waals surface area contributed by atoms with E-state index in [0.717, 1.165) is 109 Å². The zero-order valence-corrected chi connectivity index (χ0v) is 67.9. The Balaban J connectivity index is 5.25. The lowest BCUT2D eigenvalue weighted by atomic mass is 10.0. The van der Waals surface area contributed by atoms with E-state index in [1.807, 2.05) is 0 Å². The highest BCUT2D eigenvalue weighted by Crippen LogP contribution is 2.45. The highest BCUT2D eigenvalue weighted by molar-refractivity contribution is 7.47. The van der Waals surface area contributed by atoms with E-state index in [-0.39, 0.29) is 25.7 Å². The minimum absolute atomic E-state index is 0.103. The minimum Gasteiger partial charge on any atom is -0.462 e. The van der Waals surface area contributed by atoms with Crippen molar-refractivity contribution in [3.8, 4) is 0 Å². The molecule has 102 heavy (non-hydrogen) atoms. The van der Waals surface area contributed by atoms with Gasteiger partial charge in [0.15, 0.2) is 12.2 Å². The van der Waals surface area contributed by atoms with E-state index in [1.54, 1.807) is 0 Å². The molecule has 2 unspecified atom stereocenters. The number of aliphatic hydroxyl groups excluding tert-OH is 1. The van der Waals surface area contributed by atoms with Crippen molar-refractivity contribution in [3.63, 3.8) is 0 Å². The van der Waals surface area contributed by atoms with Gasteiger partial charge in [0.1, 0.15) is 19.3 Å². The molecular weight excluding hydrogens is 1330 g/mol. The monoisotopic (exact) mass is 1490 g/mol. The summed E-state index contributed by atoms with van der Waals surface area (Å²) >= 11 is 0. The molecule has 0 aromatic heterocycles. The topological polar surface area (TPSA) is 237 Å². The fourth-order valence-electron chi connectivity index (χ4n) is 12.5. The van der Waals surface area contributed by atoms with Gasteiger partial charge in [-0.1, -0.05) is 373 Å². The second-order valence-electron chi connectivity index (χ2n) is 29.2. The van der Waals surface area contributed by atoms with Crippen LogP contribution in [0.15, 0.2) is 24.3 Å². The number of hydrogen-bond donors (Lipinski definition) is 3. The molecule has 0 spiro atoms. The molecule has 0 saturated carbocycles. The van der Waals surface area contributed by atoms with Gasteiger partial charge in [0, 0.05) is 25.7 Å². The standard InChI is InChI=1S/C83H158O17P2/c1-5-9-13-17-21-25-29-33-35-36-37-38-39-40-41-43-46-50-54-58-62-66-70-83(88)100-79(74-94-81(86)68-64-60-56-52-48-45-42-34-30-26-22-18-14-10-6-2)76-98-102(91,92)96-72-77(84)71-95-101(89,90)97-75-78(73-93-80(85)67-63-59-55-51-47-32-28-24-20-16-12-8-4)99-82(87)69-65-61-57-53-49-44-31-27-23-19-15-11-7-3/h26,30,34,42,77-79,84H,5-25,27-29,31-33,35-41,43-76H2,1-4H3,(H,89,90)(H,91,92)/b30-26-,42-34-/t77-,78+,79+/m0/s1. The van der Waals surface area contributed by atoms with Crippen LogP contribution in [0.2, 0.25) is 0 Å². The third-order valence-corrected chi connectivity index (χ3v) is 20.9. The van der Waals surface area contributed by atoms with Gasteiger partial charge in [-0.2, -0.15) is 0 Å². The molecule has 0 rings (SSSR count). The lowest BCUT2D eigenvalue weighted by Gasteiger charge is -2.21. The van der Waals surface area contributed by atoms with E-state index >= 15 is 0 Å². The molecule has 602 valence electrons. The molecule has 5 atom stereocenters. The number of carbonyl (C=O) groups excluding carboxylic acids is 4. The SMILES string of the molecule is CCCCCC/C=C\C=C/CCCCCCCC(=O)OC[C@H](COP(=O)(O)OC[C@@H](O)COP(=O)(O)OC[C@@H](COC(=O)CCCCCCCCCCCCCC)OC(=O)CCCCCCCCCCCCCCC)OC(=O)CCCCCCCCCCCCCCCCCCCCCCCC. The molecule has 0 bridgehead atoms. The van der Waals surface area contributed by atoms with Crippen LogP contribution in [0.4, 0.5) is 0 Å². The molecule has 0 aromatic carbocycles. The summed E-state index contributed by atoms with van der Waals surface area (Å²) in [6, 6.07) is 0. The summed E-state index contributed by atoms with van der Waals surface area (Å²) in [4.78, 5) is 73.1. The summed E-state index contributed by atoms with van der Waals surface area (Å²) in [7, 11) is -9.93. The number of hydrogen-bond acceptors (Lipinski definition) is 15. The maximum atomic E-state index is 13.1. The number of allylic oxidation sites excluding steroid dienone is 4. The molecule has 19 heteroatoms. The quantitative estimate of drug-likeness (QED) is 0.0169. The third kappa shape index (κ3) is 75.8. The highest BCUT2D eigenvalue weighted by atomic mass is 31.2. The van der Waals surface area contributed by atoms with Crippen LogP contribution < -0.4 is 0 Å². The van der Waals surface area contributed by atoms with Crippen LogP contribution in [0.25, 0.3) is 0 Å². The van der Waals surface area contributed by atoms with E-state index in [0.29, 0.717) is 25.7 Å². The molecule has 0 saturated heterocycles. The number of phosphoric acid groups is 2. The molecule has 0 heterocycles. The zero-order valence-electron chi connectivity index (χ0n) is 66.1. The highest BCUT2D eigenvalue weighted by Gasteiger charge is 2.30. The van der Waals surface area contributed by atoms with Crippen LogP contribution in [0.5, 0.6) is 0 Å². The maximum absolute atomic E-state index is 13.1. The summed E-state index contributed by atoms with van der Waals surface area (Å²) in [6.45, 7) is 4.97. The lowest BCUT2D eigenvalue weighted by Crippen LogP contribution is -2.30. The average molecular weight is 1490 g/mol. The van der Waals surface area contributed by atoms with Gasteiger partial charge in [0.25, 0.3) is 0 Å². The lowest BCUT2D eigenvalue weighted by molar-refractivity contribution is -0.161. The fraction of sp³-hybridized carbons (Fsp3) is 0.904. The first-order valence-corrected chi connectivity index (χ1v) is 45.6. The van der Waals surface area contributed by atoms with Crippen molar-refractivity contribution < 1.29 is 80.2 Å². The number of unbranched alkanes of at least 4 members (excludes halogenated alkanes) is 53. The molecule has 0 radical (unpaired) electrons. The van der Waals surface area contributed by atoms with E-state index in [2.05, 4.69) is 52.0 Å². The Labute approximate surface area is 624 Å². The summed E-state index contributed by atoms with van der Waals surface area (Å²) in [5.74, 6) is -2.13. The molecule has 0 aliphatic heterocycles. The van der Waals surface area contributed by atoms with Gasteiger partial charge in [-0.15, -0.1) is 0 Å². The Morgan fingerprint density at radius 1 is 0.275 bits per heavy atom. The first kappa shape index (κ1) is 99.5. The van der Waals surface area contributed by atoms with E-state index in [9.17, 15) is 43.2 Å². The van der Waals surface area contributed by atoms with Crippen molar-refractivity contribution in [2.24, 2.45) is 0 Å². The number of carbonyl (C=O) groups is 4. The fourth-order valence-corrected chi connectivity index (χ4v) is 14.0. The van der Waals surface area contributed by atoms with Crippen molar-refractivity contribution in [1.29, 1.82) is 0 Å². The molecule has 0 aromatic rings. The maximum Gasteiger partial charge on any atom is 0.472 e. The van der Waals surface area contributed by atoms with Crippen LogP contribution in [0, 0.1) is 0 Å². The Hall–Kier alpha value is -2.46. The predicted molar refractivity (Wildman–Crippen MR) is 418 cm³/mol. The summed E-state index contributed by atoms with van der Waals surface area (Å²) in [6.07, 6.45) is 72.9. The van der Waals surface area contributed by atoms with Gasteiger partial charge in [-0.3, -0.25) is 37.3 Å². The van der Waals surface area contributed by atoms with E-state index in [1.165, 1.54) is 238 Å². The normalized spacial score (nSPS) is 13.9. The molecule has 0 fully saturated rings. The van der Waals surface area contributed by atoms with Gasteiger partial charge >= 0.3 is 39.5 Å². The second-order valence-corrected chi connectivity index (χ2v) is 32.1. The second kappa shape index (κ2) is 76.7. The van der Waals surface area contributed by atoms with Crippen molar-refractivity contribution in [2.75, 3.05) is 39.6 Å². The molecule has 0 amide bonds. The van der Waals surface area contributed by atoms with Crippen LogP contribution >= 0.6 is 15.6 Å². The molecule has 0 aliphatic rings. The van der Waals surface area contributed by atoms with Crippen LogP contribution in [-0.2, 0) is 65.4 Å². The molecule has 17 nitrogen and oxygen atoms in total. The van der Waals surface area contributed by atoms with E-state index in [4.69, 9.17) is 37.0 Å². The third-order valence-electron chi connectivity index (χ3n) is 19.0.